The number of aliphatic hydroxyl groups is 1. The summed E-state index contributed by atoms with van der Waals surface area (Å²) in [6.07, 6.45) is 1.40. The molecule has 0 aromatic rings. The lowest BCUT2D eigenvalue weighted by molar-refractivity contribution is -0.201. The Hall–Kier alpha value is -1.08. The zero-order valence-electron chi connectivity index (χ0n) is 16.8. The molecular weight excluding hydrogens is 401 g/mol. The Bertz CT molecular complexity index is 813. The number of hydrogen-bond acceptors (Lipinski definition) is 4. The first-order chi connectivity index (χ1) is 13.5. The van der Waals surface area contributed by atoms with Gasteiger partial charge in [-0.1, -0.05) is 31.7 Å². The molecule has 0 spiro atoms. The van der Waals surface area contributed by atoms with Gasteiger partial charge in [0.25, 0.3) is 0 Å². The average Bonchev–Trinajstić information content (AvgIpc) is 2.90. The van der Waals surface area contributed by atoms with Gasteiger partial charge >= 0.3 is 0 Å². The molecule has 4 aliphatic carbocycles. The quantitative estimate of drug-likeness (QED) is 0.710. The van der Waals surface area contributed by atoms with E-state index in [0.717, 1.165) is 0 Å². The first kappa shape index (κ1) is 21.2. The molecule has 3 saturated carbocycles. The minimum atomic E-state index is -2.13. The number of hydrogen-bond donors (Lipinski definition) is 1. The average molecular weight is 429 g/mol. The van der Waals surface area contributed by atoms with Crippen LogP contribution in [0.3, 0.4) is 0 Å². The molecule has 4 aliphatic rings. The molecule has 0 aliphatic heterocycles. The van der Waals surface area contributed by atoms with Crippen LogP contribution in [0.25, 0.3) is 0 Å². The predicted molar refractivity (Wildman–Crippen MR) is 105 cm³/mol. The Morgan fingerprint density at radius 3 is 2.66 bits per heavy atom. The van der Waals surface area contributed by atoms with Gasteiger partial charge < -0.3 is 5.11 Å². The standard InChI is InChI=1S/C22H27F3O3S/c1-11-6-13-14-8-16(24)15-7-12(26)4-5-21(15,3)22(14,25)17(27)9-20(13,2)18(11)19(28)29-10-23/h4-5,7,11,13-14,16-18,27H,6,8-10H2,1-3H3/t11-,13+,14+,16+,17+,18-,20+,21+,22?/m1/s1. The lowest BCUT2D eigenvalue weighted by Crippen LogP contribution is -2.68. The van der Waals surface area contributed by atoms with Gasteiger partial charge in [-0.3, -0.25) is 9.59 Å². The number of halogens is 3. The summed E-state index contributed by atoms with van der Waals surface area (Å²) in [5.41, 5.74) is -4.17. The third kappa shape index (κ3) is 2.62. The van der Waals surface area contributed by atoms with Gasteiger partial charge in [-0.25, -0.2) is 13.2 Å². The second-order valence-electron chi connectivity index (χ2n) is 9.71. The second kappa shape index (κ2) is 6.71. The number of carbonyl (C=O) groups is 2. The van der Waals surface area contributed by atoms with Crippen molar-refractivity contribution in [2.24, 2.45) is 34.5 Å². The summed E-state index contributed by atoms with van der Waals surface area (Å²) in [6.45, 7) is 5.33. The molecule has 3 fully saturated rings. The van der Waals surface area contributed by atoms with Crippen LogP contribution in [0.5, 0.6) is 0 Å². The van der Waals surface area contributed by atoms with Crippen molar-refractivity contribution in [2.75, 3.05) is 6.01 Å². The highest BCUT2D eigenvalue weighted by Gasteiger charge is 2.73. The molecule has 0 amide bonds. The van der Waals surface area contributed by atoms with Crippen molar-refractivity contribution >= 4 is 22.7 Å². The fourth-order valence-corrected chi connectivity index (χ4v) is 8.01. The Balaban J connectivity index is 1.80. The molecule has 160 valence electrons. The maximum Gasteiger partial charge on any atom is 0.195 e. The summed E-state index contributed by atoms with van der Waals surface area (Å²) >= 11 is 0.622. The molecule has 1 N–H and O–H groups in total. The Labute approximate surface area is 173 Å². The number of thioether (sulfide) groups is 1. The van der Waals surface area contributed by atoms with E-state index in [1.165, 1.54) is 18.2 Å². The number of ketones is 1. The summed E-state index contributed by atoms with van der Waals surface area (Å²) in [4.78, 5) is 24.5. The van der Waals surface area contributed by atoms with Crippen LogP contribution in [0.1, 0.15) is 40.0 Å². The number of rotatable bonds is 2. The predicted octanol–water partition coefficient (Wildman–Crippen LogP) is 4.35. The SMILES string of the molecule is C[C@@H]1C[C@H]2[C@@H]3C[C@H](F)C4=CC(=O)C=C[C@]4(C)C3(F)[C@@H](O)C[C@]2(C)[C@H]1C(=O)SCF. The molecule has 0 saturated heterocycles. The largest absolute Gasteiger partial charge is 0.390 e. The summed E-state index contributed by atoms with van der Waals surface area (Å²) < 4.78 is 45.0. The van der Waals surface area contributed by atoms with E-state index in [2.05, 4.69) is 0 Å². The van der Waals surface area contributed by atoms with Crippen molar-refractivity contribution in [3.8, 4) is 0 Å². The number of alkyl halides is 3. The molecule has 3 nitrogen and oxygen atoms in total. The molecular formula is C22H27F3O3S. The van der Waals surface area contributed by atoms with E-state index in [0.29, 0.717) is 18.2 Å². The molecule has 7 heteroatoms. The molecule has 4 rings (SSSR count). The first-order valence-electron chi connectivity index (χ1n) is 10.2. The number of aliphatic hydroxyl groups excluding tert-OH is 1. The Kier molecular flexibility index (Phi) is 4.90. The molecule has 0 heterocycles. The van der Waals surface area contributed by atoms with Crippen molar-refractivity contribution in [3.05, 3.63) is 23.8 Å². The van der Waals surface area contributed by atoms with Crippen LogP contribution >= 0.6 is 11.8 Å². The number of fused-ring (bicyclic) bond motifs is 5. The van der Waals surface area contributed by atoms with Gasteiger partial charge in [0, 0.05) is 17.3 Å². The van der Waals surface area contributed by atoms with Gasteiger partial charge in [0.05, 0.1) is 6.10 Å². The lowest BCUT2D eigenvalue weighted by Gasteiger charge is -2.62. The molecule has 0 radical (unpaired) electrons. The van der Waals surface area contributed by atoms with Gasteiger partial charge in [0.15, 0.2) is 16.6 Å². The number of allylic oxidation sites excluding steroid dienone is 4. The van der Waals surface area contributed by atoms with Crippen molar-refractivity contribution in [1.82, 2.24) is 0 Å². The molecule has 0 aromatic heterocycles. The number of carbonyl (C=O) groups excluding carboxylic acids is 2. The van der Waals surface area contributed by atoms with Gasteiger partial charge in [-0.05, 0) is 61.2 Å². The molecule has 0 bridgehead atoms. The van der Waals surface area contributed by atoms with Crippen LogP contribution in [0.15, 0.2) is 23.8 Å². The van der Waals surface area contributed by atoms with Gasteiger partial charge in [-0.15, -0.1) is 0 Å². The maximum atomic E-state index is 16.9. The van der Waals surface area contributed by atoms with Crippen LogP contribution in [0.2, 0.25) is 0 Å². The van der Waals surface area contributed by atoms with Crippen LogP contribution in [0.4, 0.5) is 13.2 Å². The minimum absolute atomic E-state index is 0.0554. The van der Waals surface area contributed by atoms with Crippen LogP contribution in [0, 0.1) is 34.5 Å². The van der Waals surface area contributed by atoms with Gasteiger partial charge in [-0.2, -0.15) is 0 Å². The minimum Gasteiger partial charge on any atom is -0.390 e. The normalized spacial score (nSPS) is 51.1. The van der Waals surface area contributed by atoms with E-state index >= 15 is 8.78 Å². The summed E-state index contributed by atoms with van der Waals surface area (Å²) in [7, 11) is 0. The van der Waals surface area contributed by atoms with Crippen LogP contribution < -0.4 is 0 Å². The van der Waals surface area contributed by atoms with Crippen molar-refractivity contribution < 1.29 is 27.9 Å². The molecule has 9 atom stereocenters. The van der Waals surface area contributed by atoms with E-state index in [1.54, 1.807) is 6.92 Å². The van der Waals surface area contributed by atoms with Gasteiger partial charge in [0.1, 0.15) is 12.2 Å². The monoisotopic (exact) mass is 428 g/mol. The fraction of sp³-hybridized carbons (Fsp3) is 0.727. The zero-order valence-corrected chi connectivity index (χ0v) is 17.6. The zero-order chi connectivity index (χ0) is 21.4. The van der Waals surface area contributed by atoms with Crippen molar-refractivity contribution in [1.29, 1.82) is 0 Å². The Morgan fingerprint density at radius 1 is 1.31 bits per heavy atom. The summed E-state index contributed by atoms with van der Waals surface area (Å²) in [5, 5.41) is 10.8. The van der Waals surface area contributed by atoms with E-state index < -0.39 is 46.6 Å². The van der Waals surface area contributed by atoms with Gasteiger partial charge in [0.2, 0.25) is 0 Å². The van der Waals surface area contributed by atoms with E-state index in [9.17, 15) is 19.1 Å². The molecule has 0 aromatic carbocycles. The molecule has 1 unspecified atom stereocenters. The maximum absolute atomic E-state index is 16.9. The van der Waals surface area contributed by atoms with Crippen molar-refractivity contribution in [3.63, 3.8) is 0 Å². The highest BCUT2D eigenvalue weighted by atomic mass is 32.2. The topological polar surface area (TPSA) is 54.4 Å². The first-order valence-corrected chi connectivity index (χ1v) is 11.2. The third-order valence-corrected chi connectivity index (χ3v) is 9.07. The fourth-order valence-electron chi connectivity index (χ4n) is 7.22. The van der Waals surface area contributed by atoms with E-state index in [-0.39, 0.29) is 41.1 Å². The van der Waals surface area contributed by atoms with Crippen LogP contribution in [-0.4, -0.2) is 40.0 Å². The van der Waals surface area contributed by atoms with E-state index in [4.69, 9.17) is 0 Å². The third-order valence-electron chi connectivity index (χ3n) is 8.42. The highest BCUT2D eigenvalue weighted by Crippen LogP contribution is 2.70. The lowest BCUT2D eigenvalue weighted by atomic mass is 9.45. The Morgan fingerprint density at radius 2 is 2.00 bits per heavy atom. The summed E-state index contributed by atoms with van der Waals surface area (Å²) in [5.74, 6) is -2.07. The van der Waals surface area contributed by atoms with Crippen LogP contribution in [-0.2, 0) is 9.59 Å². The molecule has 29 heavy (non-hydrogen) atoms. The highest BCUT2D eigenvalue weighted by molar-refractivity contribution is 8.13. The summed E-state index contributed by atoms with van der Waals surface area (Å²) in [6, 6.07) is -0.820. The second-order valence-corrected chi connectivity index (χ2v) is 10.6. The van der Waals surface area contributed by atoms with Crippen molar-refractivity contribution in [2.45, 2.75) is 58.0 Å². The van der Waals surface area contributed by atoms with E-state index in [1.807, 2.05) is 13.8 Å². The smallest absolute Gasteiger partial charge is 0.195 e.